The van der Waals surface area contributed by atoms with Gasteiger partial charge >= 0.3 is 0 Å². The molecule has 4 nitrogen and oxygen atoms in total. The number of oxime groups is 1. The van der Waals surface area contributed by atoms with Crippen molar-refractivity contribution in [2.75, 3.05) is 13.1 Å². The Morgan fingerprint density at radius 1 is 1.26 bits per heavy atom. The third-order valence-electron chi connectivity index (χ3n) is 3.48. The Kier molecular flexibility index (Phi) is 3.21. The highest BCUT2D eigenvalue weighted by atomic mass is 32.1. The number of fused-ring (bicyclic) bond motifs is 1. The molecule has 19 heavy (non-hydrogen) atoms. The Balaban J connectivity index is 1.85. The maximum Gasteiger partial charge on any atom is 0.255 e. The fourth-order valence-electron chi connectivity index (χ4n) is 2.38. The predicted octanol–water partition coefficient (Wildman–Crippen LogP) is 2.97. The first-order valence-corrected chi connectivity index (χ1v) is 7.13. The number of benzene rings is 1. The first kappa shape index (κ1) is 12.2. The van der Waals surface area contributed by atoms with Gasteiger partial charge in [0.05, 0.1) is 11.3 Å². The molecule has 2 heterocycles. The summed E-state index contributed by atoms with van der Waals surface area (Å²) in [6, 6.07) is 7.96. The van der Waals surface area contributed by atoms with Gasteiger partial charge in [0.2, 0.25) is 0 Å². The van der Waals surface area contributed by atoms with Gasteiger partial charge in [0.15, 0.2) is 0 Å². The third-order valence-corrected chi connectivity index (χ3v) is 4.44. The maximum atomic E-state index is 12.5. The molecule has 1 aliphatic heterocycles. The highest BCUT2D eigenvalue weighted by Crippen LogP contribution is 2.27. The van der Waals surface area contributed by atoms with Crippen molar-refractivity contribution >= 4 is 33.0 Å². The number of amides is 1. The van der Waals surface area contributed by atoms with Crippen LogP contribution in [0.4, 0.5) is 0 Å². The normalized spacial score (nSPS) is 15.8. The molecule has 2 aromatic rings. The molecular weight excluding hydrogens is 260 g/mol. The Morgan fingerprint density at radius 3 is 2.74 bits per heavy atom. The van der Waals surface area contributed by atoms with E-state index in [4.69, 9.17) is 5.21 Å². The molecule has 1 aliphatic rings. The summed E-state index contributed by atoms with van der Waals surface area (Å²) in [6.45, 7) is 1.25. The zero-order valence-electron chi connectivity index (χ0n) is 10.4. The molecule has 5 heteroatoms. The number of likely N-dealkylation sites (tertiary alicyclic amines) is 1. The lowest BCUT2D eigenvalue weighted by Crippen LogP contribution is -2.38. The molecule has 0 saturated carbocycles. The van der Waals surface area contributed by atoms with Crippen molar-refractivity contribution in [1.82, 2.24) is 4.90 Å². The van der Waals surface area contributed by atoms with E-state index in [1.165, 1.54) is 0 Å². The van der Waals surface area contributed by atoms with E-state index < -0.39 is 0 Å². The van der Waals surface area contributed by atoms with Crippen LogP contribution in [-0.2, 0) is 0 Å². The van der Waals surface area contributed by atoms with Gasteiger partial charge in [-0.25, -0.2) is 0 Å². The number of hydrogen-bond acceptors (Lipinski definition) is 4. The molecule has 1 fully saturated rings. The summed E-state index contributed by atoms with van der Waals surface area (Å²) in [6.07, 6.45) is 1.31. The second-order valence-corrected chi connectivity index (χ2v) is 5.52. The van der Waals surface area contributed by atoms with Crippen LogP contribution in [0.5, 0.6) is 0 Å². The number of piperidine rings is 1. The summed E-state index contributed by atoms with van der Waals surface area (Å²) in [5, 5.41) is 14.9. The minimum Gasteiger partial charge on any atom is -0.411 e. The zero-order valence-corrected chi connectivity index (χ0v) is 11.2. The summed E-state index contributed by atoms with van der Waals surface area (Å²) >= 11 is 1.60. The first-order chi connectivity index (χ1) is 9.29. The number of thiophene rings is 1. The topological polar surface area (TPSA) is 52.9 Å². The van der Waals surface area contributed by atoms with E-state index in [-0.39, 0.29) is 5.91 Å². The summed E-state index contributed by atoms with van der Waals surface area (Å²) < 4.78 is 1.14. The standard InChI is InChI=1S/C14H14N2O2S/c17-14(16-7-5-10(15-18)6-8-16)12-9-19-13-4-2-1-3-11(12)13/h1-4,9,18H,5-8H2. The fourth-order valence-corrected chi connectivity index (χ4v) is 3.32. The van der Waals surface area contributed by atoms with Crippen LogP contribution in [0.1, 0.15) is 23.2 Å². The van der Waals surface area contributed by atoms with Crippen LogP contribution in [0.15, 0.2) is 34.8 Å². The van der Waals surface area contributed by atoms with Gasteiger partial charge in [0, 0.05) is 41.4 Å². The van der Waals surface area contributed by atoms with Crippen molar-refractivity contribution < 1.29 is 10.0 Å². The summed E-state index contributed by atoms with van der Waals surface area (Å²) in [5.41, 5.74) is 1.56. The van der Waals surface area contributed by atoms with Crippen molar-refractivity contribution in [2.24, 2.45) is 5.16 Å². The molecule has 1 saturated heterocycles. The molecule has 0 bridgehead atoms. The number of rotatable bonds is 1. The van der Waals surface area contributed by atoms with Crippen LogP contribution >= 0.6 is 11.3 Å². The number of hydrogen-bond donors (Lipinski definition) is 1. The van der Waals surface area contributed by atoms with E-state index in [1.54, 1.807) is 11.3 Å². The van der Waals surface area contributed by atoms with Gasteiger partial charge in [-0.1, -0.05) is 23.4 Å². The quantitative estimate of drug-likeness (QED) is 0.642. The van der Waals surface area contributed by atoms with Crippen LogP contribution < -0.4 is 0 Å². The van der Waals surface area contributed by atoms with E-state index in [2.05, 4.69) is 5.16 Å². The van der Waals surface area contributed by atoms with Crippen molar-refractivity contribution in [3.05, 3.63) is 35.2 Å². The highest BCUT2D eigenvalue weighted by molar-refractivity contribution is 7.17. The molecule has 0 spiro atoms. The summed E-state index contributed by atoms with van der Waals surface area (Å²) in [4.78, 5) is 14.3. The smallest absolute Gasteiger partial charge is 0.255 e. The number of carbonyl (C=O) groups is 1. The number of carbonyl (C=O) groups excluding carboxylic acids is 1. The van der Waals surface area contributed by atoms with E-state index in [9.17, 15) is 4.79 Å². The Hall–Kier alpha value is -1.88. The molecule has 1 aromatic carbocycles. The Bertz CT molecular complexity index is 638. The van der Waals surface area contributed by atoms with Gasteiger partial charge in [-0.05, 0) is 6.07 Å². The predicted molar refractivity (Wildman–Crippen MR) is 76.2 cm³/mol. The first-order valence-electron chi connectivity index (χ1n) is 6.25. The molecule has 0 radical (unpaired) electrons. The molecule has 98 valence electrons. The van der Waals surface area contributed by atoms with E-state index in [1.807, 2.05) is 34.5 Å². The van der Waals surface area contributed by atoms with Gasteiger partial charge in [-0.2, -0.15) is 0 Å². The van der Waals surface area contributed by atoms with Gasteiger partial charge < -0.3 is 10.1 Å². The van der Waals surface area contributed by atoms with Crippen molar-refractivity contribution in [3.8, 4) is 0 Å². The van der Waals surface area contributed by atoms with Crippen molar-refractivity contribution in [3.63, 3.8) is 0 Å². The molecule has 0 aliphatic carbocycles. The average Bonchev–Trinajstić information content (AvgIpc) is 2.90. The van der Waals surface area contributed by atoms with E-state index in [0.717, 1.165) is 21.4 Å². The molecule has 1 aromatic heterocycles. The minimum atomic E-state index is 0.0782. The molecule has 3 rings (SSSR count). The van der Waals surface area contributed by atoms with E-state index >= 15 is 0 Å². The van der Waals surface area contributed by atoms with Crippen LogP contribution in [0.2, 0.25) is 0 Å². The largest absolute Gasteiger partial charge is 0.411 e. The van der Waals surface area contributed by atoms with Crippen molar-refractivity contribution in [2.45, 2.75) is 12.8 Å². The second-order valence-electron chi connectivity index (χ2n) is 4.60. The molecular formula is C14H14N2O2S. The lowest BCUT2D eigenvalue weighted by Gasteiger charge is -2.27. The average molecular weight is 274 g/mol. The Labute approximate surface area is 115 Å². The maximum absolute atomic E-state index is 12.5. The molecule has 1 amide bonds. The number of nitrogens with zero attached hydrogens (tertiary/aromatic N) is 2. The SMILES string of the molecule is O=C(c1csc2ccccc12)N1CCC(=NO)CC1. The van der Waals surface area contributed by atoms with Crippen LogP contribution in [0.25, 0.3) is 10.1 Å². The van der Waals surface area contributed by atoms with Crippen LogP contribution in [-0.4, -0.2) is 34.8 Å². The van der Waals surface area contributed by atoms with E-state index in [0.29, 0.717) is 25.9 Å². The van der Waals surface area contributed by atoms with Gasteiger partial charge in [-0.15, -0.1) is 11.3 Å². The second kappa shape index (κ2) is 5.01. The Morgan fingerprint density at radius 2 is 2.00 bits per heavy atom. The zero-order chi connectivity index (χ0) is 13.2. The monoisotopic (exact) mass is 274 g/mol. The molecule has 0 atom stereocenters. The van der Waals surface area contributed by atoms with Gasteiger partial charge in [0.1, 0.15) is 0 Å². The lowest BCUT2D eigenvalue weighted by atomic mass is 10.1. The van der Waals surface area contributed by atoms with Crippen molar-refractivity contribution in [1.29, 1.82) is 0 Å². The summed E-state index contributed by atoms with van der Waals surface area (Å²) in [7, 11) is 0. The fraction of sp³-hybridized carbons (Fsp3) is 0.286. The molecule has 1 N–H and O–H groups in total. The van der Waals surface area contributed by atoms with Gasteiger partial charge in [-0.3, -0.25) is 4.79 Å². The van der Waals surface area contributed by atoms with Crippen LogP contribution in [0.3, 0.4) is 0 Å². The lowest BCUT2D eigenvalue weighted by molar-refractivity contribution is 0.0756. The third kappa shape index (κ3) is 2.21. The van der Waals surface area contributed by atoms with Gasteiger partial charge in [0.25, 0.3) is 5.91 Å². The summed E-state index contributed by atoms with van der Waals surface area (Å²) in [5.74, 6) is 0.0782. The van der Waals surface area contributed by atoms with Crippen LogP contribution in [0, 0.1) is 0 Å². The molecule has 0 unspecified atom stereocenters. The highest BCUT2D eigenvalue weighted by Gasteiger charge is 2.23. The minimum absolute atomic E-state index is 0.0782.